The van der Waals surface area contributed by atoms with Crippen LogP contribution in [0.15, 0.2) is 72.9 Å². The van der Waals surface area contributed by atoms with E-state index in [0.717, 1.165) is 5.52 Å². The van der Waals surface area contributed by atoms with Crippen LogP contribution >= 0.6 is 0 Å². The molecule has 2 heterocycles. The Kier molecular flexibility index (Phi) is 2.98. The van der Waals surface area contributed by atoms with Crippen molar-refractivity contribution < 1.29 is 0 Å². The summed E-state index contributed by atoms with van der Waals surface area (Å²) in [4.78, 5) is 0. The van der Waals surface area contributed by atoms with Crippen molar-refractivity contribution in [1.82, 2.24) is 9.61 Å². The molecular formula is C27H20N2. The molecule has 0 aliphatic heterocycles. The maximum Gasteiger partial charge on any atom is 0.0940 e. The molecule has 0 unspecified atom stereocenters. The molecule has 2 aromatic heterocycles. The number of aromatic nitrogens is 2. The van der Waals surface area contributed by atoms with Crippen LogP contribution in [0.1, 0.15) is 24.0 Å². The summed E-state index contributed by atoms with van der Waals surface area (Å²) >= 11 is 0. The summed E-state index contributed by atoms with van der Waals surface area (Å²) in [5.41, 5.74) is 5.42. The molecule has 0 atom stereocenters. The van der Waals surface area contributed by atoms with Gasteiger partial charge in [0.2, 0.25) is 0 Å². The molecular weight excluding hydrogens is 352 g/mol. The first kappa shape index (κ1) is 15.5. The molecule has 0 amide bonds. The molecule has 1 aliphatic rings. The maximum atomic E-state index is 4.99. The number of fused-ring (bicyclic) bond motifs is 11. The summed E-state index contributed by atoms with van der Waals surface area (Å²) in [5, 5.41) is 14.2. The van der Waals surface area contributed by atoms with Gasteiger partial charge < -0.3 is 0 Å². The van der Waals surface area contributed by atoms with Crippen LogP contribution in [-0.2, 0) is 12.8 Å². The Morgan fingerprint density at radius 2 is 1.45 bits per heavy atom. The van der Waals surface area contributed by atoms with Crippen molar-refractivity contribution in [1.29, 1.82) is 0 Å². The molecule has 6 aromatic rings. The van der Waals surface area contributed by atoms with Gasteiger partial charge in [-0.05, 0) is 70.5 Å². The number of nitrogens with zero attached hydrogens (tertiary/aromatic N) is 2. The molecule has 2 nitrogen and oxygen atoms in total. The third-order valence-corrected chi connectivity index (χ3v) is 6.77. The van der Waals surface area contributed by atoms with E-state index in [0.29, 0.717) is 0 Å². The lowest BCUT2D eigenvalue weighted by atomic mass is 9.87. The van der Waals surface area contributed by atoms with Crippen molar-refractivity contribution in [3.8, 4) is 0 Å². The van der Waals surface area contributed by atoms with Crippen LogP contribution in [0.3, 0.4) is 0 Å². The number of rotatable bonds is 0. The van der Waals surface area contributed by atoms with Crippen molar-refractivity contribution in [2.45, 2.75) is 25.7 Å². The highest BCUT2D eigenvalue weighted by atomic mass is 15.2. The summed E-state index contributed by atoms with van der Waals surface area (Å²) in [5.74, 6) is 0. The molecule has 7 rings (SSSR count). The van der Waals surface area contributed by atoms with E-state index in [4.69, 9.17) is 5.10 Å². The molecule has 4 aromatic carbocycles. The Hall–Kier alpha value is -3.39. The fraction of sp³-hybridized carbons (Fsp3) is 0.148. The van der Waals surface area contributed by atoms with Gasteiger partial charge in [0, 0.05) is 22.4 Å². The molecule has 138 valence electrons. The van der Waals surface area contributed by atoms with Crippen LogP contribution < -0.4 is 0 Å². The molecule has 2 heteroatoms. The van der Waals surface area contributed by atoms with E-state index >= 15 is 0 Å². The average Bonchev–Trinajstić information content (AvgIpc) is 3.17. The second kappa shape index (κ2) is 5.57. The Labute approximate surface area is 168 Å². The highest BCUT2D eigenvalue weighted by Gasteiger charge is 2.19. The predicted octanol–water partition coefficient (Wildman–Crippen LogP) is 6.83. The third kappa shape index (κ3) is 2.04. The molecule has 0 bridgehead atoms. The maximum absolute atomic E-state index is 4.99. The van der Waals surface area contributed by atoms with Crippen LogP contribution in [0.5, 0.6) is 0 Å². The minimum absolute atomic E-state index is 1.08. The van der Waals surface area contributed by atoms with Gasteiger partial charge in [-0.3, -0.25) is 0 Å². The fourth-order valence-corrected chi connectivity index (χ4v) is 5.45. The Morgan fingerprint density at radius 3 is 2.45 bits per heavy atom. The van der Waals surface area contributed by atoms with Crippen LogP contribution in [0, 0.1) is 0 Å². The van der Waals surface area contributed by atoms with E-state index in [1.165, 1.54) is 74.5 Å². The summed E-state index contributed by atoms with van der Waals surface area (Å²) in [7, 11) is 0. The van der Waals surface area contributed by atoms with Crippen molar-refractivity contribution in [3.63, 3.8) is 0 Å². The summed E-state index contributed by atoms with van der Waals surface area (Å²) in [6.07, 6.45) is 7.08. The van der Waals surface area contributed by atoms with Gasteiger partial charge in [-0.1, -0.05) is 54.6 Å². The topological polar surface area (TPSA) is 17.3 Å². The molecule has 0 N–H and O–H groups in total. The van der Waals surface area contributed by atoms with Gasteiger partial charge in [0.1, 0.15) is 0 Å². The van der Waals surface area contributed by atoms with E-state index in [2.05, 4.69) is 77.4 Å². The zero-order valence-corrected chi connectivity index (χ0v) is 16.2. The van der Waals surface area contributed by atoms with E-state index < -0.39 is 0 Å². The van der Waals surface area contributed by atoms with E-state index in [-0.39, 0.29) is 0 Å². The van der Waals surface area contributed by atoms with Crippen molar-refractivity contribution in [3.05, 3.63) is 84.1 Å². The highest BCUT2D eigenvalue weighted by Crippen LogP contribution is 2.39. The van der Waals surface area contributed by atoms with Crippen molar-refractivity contribution in [2.75, 3.05) is 0 Å². The van der Waals surface area contributed by atoms with Crippen LogP contribution in [-0.4, -0.2) is 9.61 Å². The van der Waals surface area contributed by atoms with Crippen LogP contribution in [0.25, 0.3) is 48.7 Å². The van der Waals surface area contributed by atoms with E-state index in [1.807, 2.05) is 0 Å². The molecule has 0 radical (unpaired) electrons. The Morgan fingerprint density at radius 1 is 0.655 bits per heavy atom. The molecule has 0 saturated heterocycles. The fourth-order valence-electron chi connectivity index (χ4n) is 5.45. The number of benzene rings is 4. The Bertz CT molecular complexity index is 1600. The monoisotopic (exact) mass is 372 g/mol. The van der Waals surface area contributed by atoms with Crippen LogP contribution in [0.4, 0.5) is 0 Å². The van der Waals surface area contributed by atoms with Gasteiger partial charge in [-0.25, -0.2) is 4.52 Å². The van der Waals surface area contributed by atoms with Gasteiger partial charge in [0.25, 0.3) is 0 Å². The number of hydrogen-bond donors (Lipinski definition) is 0. The van der Waals surface area contributed by atoms with Gasteiger partial charge in [-0.15, -0.1) is 0 Å². The molecule has 0 spiro atoms. The zero-order chi connectivity index (χ0) is 18.9. The number of aryl methyl sites for hydroxylation is 2. The lowest BCUT2D eigenvalue weighted by molar-refractivity contribution is 0.690. The Balaban J connectivity index is 1.81. The molecule has 1 aliphatic carbocycles. The standard InChI is InChI=1S/C27H20N2/c1-3-7-21-17(5-1)9-11-19-13-14-23-26(24(19)21)27-25-20(15-16-29(27)28-23)12-10-18-6-2-4-8-22(18)25/h1,3,5,7,9-16H,2,4,6,8H2. The minimum atomic E-state index is 1.08. The number of hydrogen-bond acceptors (Lipinski definition) is 1. The largest absolute Gasteiger partial charge is 0.239 e. The lowest BCUT2D eigenvalue weighted by Crippen LogP contribution is -2.04. The molecule has 0 fully saturated rings. The van der Waals surface area contributed by atoms with Crippen molar-refractivity contribution in [2.24, 2.45) is 0 Å². The first-order valence-corrected chi connectivity index (χ1v) is 10.5. The SMILES string of the molecule is c1ccc2c(c1)ccc1ccc3nn4ccc5ccc6c(c5c4c3c12)CCCC6. The van der Waals surface area contributed by atoms with E-state index in [9.17, 15) is 0 Å². The normalized spacial score (nSPS) is 14.3. The van der Waals surface area contributed by atoms with Gasteiger partial charge in [0.05, 0.1) is 11.0 Å². The quantitative estimate of drug-likeness (QED) is 0.267. The lowest BCUT2D eigenvalue weighted by Gasteiger charge is -2.18. The van der Waals surface area contributed by atoms with Gasteiger partial charge in [0.15, 0.2) is 0 Å². The molecule has 29 heavy (non-hydrogen) atoms. The van der Waals surface area contributed by atoms with Crippen molar-refractivity contribution >= 4 is 48.7 Å². The number of pyridine rings is 1. The van der Waals surface area contributed by atoms with Gasteiger partial charge in [-0.2, -0.15) is 5.10 Å². The average molecular weight is 372 g/mol. The van der Waals surface area contributed by atoms with Crippen LogP contribution in [0.2, 0.25) is 0 Å². The minimum Gasteiger partial charge on any atom is -0.239 e. The second-order valence-electron chi connectivity index (χ2n) is 8.33. The smallest absolute Gasteiger partial charge is 0.0940 e. The van der Waals surface area contributed by atoms with Gasteiger partial charge >= 0.3 is 0 Å². The summed E-state index contributed by atoms with van der Waals surface area (Å²) < 4.78 is 2.11. The third-order valence-electron chi connectivity index (χ3n) is 6.77. The first-order chi connectivity index (χ1) is 14.4. The van der Waals surface area contributed by atoms with E-state index in [1.54, 1.807) is 5.56 Å². The highest BCUT2D eigenvalue weighted by molar-refractivity contribution is 6.27. The second-order valence-corrected chi connectivity index (χ2v) is 8.33. The molecule has 0 saturated carbocycles. The predicted molar refractivity (Wildman–Crippen MR) is 122 cm³/mol. The zero-order valence-electron chi connectivity index (χ0n) is 16.2. The summed E-state index contributed by atoms with van der Waals surface area (Å²) in [6, 6.07) is 24.5. The first-order valence-electron chi connectivity index (χ1n) is 10.5. The summed E-state index contributed by atoms with van der Waals surface area (Å²) in [6.45, 7) is 0.